The fraction of sp³-hybridized carbons (Fsp3) is 0.538. The highest BCUT2D eigenvalue weighted by Gasteiger charge is 2.31. The lowest BCUT2D eigenvalue weighted by Gasteiger charge is -2.22. The number of nitrogens with zero attached hydrogens (tertiary/aromatic N) is 4. The molecule has 0 saturated carbocycles. The van der Waals surface area contributed by atoms with Gasteiger partial charge in [-0.2, -0.15) is 10.2 Å². The van der Waals surface area contributed by atoms with E-state index in [0.717, 1.165) is 60.7 Å². The molecule has 2 fully saturated rings. The van der Waals surface area contributed by atoms with Gasteiger partial charge in [-0.1, -0.05) is 69.6 Å². The van der Waals surface area contributed by atoms with Crippen molar-refractivity contribution in [1.29, 1.82) is 0 Å². The predicted octanol–water partition coefficient (Wildman–Crippen LogP) is 4.46. The van der Waals surface area contributed by atoms with Crippen LogP contribution in [-0.2, 0) is 30.5 Å². The van der Waals surface area contributed by atoms with Gasteiger partial charge in [-0.15, -0.1) is 0 Å². The topological polar surface area (TPSA) is 210 Å². The maximum atomic E-state index is 12.5. The molecule has 3 aromatic rings. The highest BCUT2D eigenvalue weighted by Crippen LogP contribution is 2.22. The van der Waals surface area contributed by atoms with Crippen LogP contribution in [0.5, 0.6) is 11.5 Å². The third-order valence-corrected chi connectivity index (χ3v) is 8.94. The van der Waals surface area contributed by atoms with E-state index < -0.39 is 35.0 Å². The zero-order chi connectivity index (χ0) is 38.7. The number of aliphatic hydroxyl groups excluding tert-OH is 1. The minimum Gasteiger partial charge on any atom is -0.492 e. The first-order valence-electron chi connectivity index (χ1n) is 18.2. The van der Waals surface area contributed by atoms with Crippen molar-refractivity contribution in [3.63, 3.8) is 0 Å². The van der Waals surface area contributed by atoms with E-state index in [1.54, 1.807) is 0 Å². The first kappa shape index (κ1) is 47.2. The van der Waals surface area contributed by atoms with E-state index in [9.17, 15) is 28.8 Å². The molecule has 4 heterocycles. The van der Waals surface area contributed by atoms with Gasteiger partial charge in [0.25, 0.3) is 22.9 Å². The molecule has 2 aliphatic rings. The number of carbonyl (C=O) groups excluding carboxylic acids is 4. The lowest BCUT2D eigenvalue weighted by molar-refractivity contribution is -0.137. The van der Waals surface area contributed by atoms with Crippen LogP contribution < -0.4 is 31.2 Å². The van der Waals surface area contributed by atoms with E-state index >= 15 is 0 Å². The number of aromatic nitrogens is 4. The monoisotopic (exact) mass is 802 g/mol. The van der Waals surface area contributed by atoms with Gasteiger partial charge >= 0.3 is 0 Å². The van der Waals surface area contributed by atoms with Crippen LogP contribution in [0.25, 0.3) is 0 Å². The van der Waals surface area contributed by atoms with Crippen molar-refractivity contribution in [2.45, 2.75) is 111 Å². The molecule has 2 aliphatic heterocycles. The van der Waals surface area contributed by atoms with Crippen LogP contribution in [0.15, 0.2) is 58.4 Å². The quantitative estimate of drug-likeness (QED) is 0.113. The molecule has 17 heteroatoms. The number of piperidine rings is 2. The summed E-state index contributed by atoms with van der Waals surface area (Å²) in [6.07, 6.45) is 10.8. The Bertz CT molecular complexity index is 1820. The summed E-state index contributed by atoms with van der Waals surface area (Å²) >= 11 is 6.13. The summed E-state index contributed by atoms with van der Waals surface area (Å²) in [6, 6.07) is 9.76. The molecule has 2 atom stereocenters. The van der Waals surface area contributed by atoms with Crippen molar-refractivity contribution in [2.24, 2.45) is 0 Å². The summed E-state index contributed by atoms with van der Waals surface area (Å²) in [6.45, 7) is 2.41. The molecule has 2 aromatic heterocycles. The highest BCUT2D eigenvalue weighted by atomic mass is 35.5. The third-order valence-electron chi connectivity index (χ3n) is 8.60. The Morgan fingerprint density at radius 3 is 1.86 bits per heavy atom. The van der Waals surface area contributed by atoms with Crippen molar-refractivity contribution in [3.05, 3.63) is 80.1 Å². The lowest BCUT2D eigenvalue weighted by atomic mass is 10.1. The van der Waals surface area contributed by atoms with E-state index in [1.165, 1.54) is 24.0 Å². The molecule has 308 valence electrons. The van der Waals surface area contributed by atoms with Gasteiger partial charge in [0.15, 0.2) is 10.8 Å². The third kappa shape index (κ3) is 15.0. The van der Waals surface area contributed by atoms with Crippen LogP contribution in [0.3, 0.4) is 0 Å². The smallest absolute Gasteiger partial charge is 0.290 e. The number of unbranched alkanes of at least 4 members (excludes halogenated alkanes) is 6. The Labute approximate surface area is 331 Å². The molecule has 16 nitrogen and oxygen atoms in total. The predicted molar refractivity (Wildman–Crippen MR) is 209 cm³/mol. The molecule has 0 spiro atoms. The van der Waals surface area contributed by atoms with E-state index in [1.807, 2.05) is 30.3 Å². The highest BCUT2D eigenvalue weighted by molar-refractivity contribution is 6.31. The van der Waals surface area contributed by atoms with Gasteiger partial charge in [0.1, 0.15) is 17.8 Å². The van der Waals surface area contributed by atoms with Crippen LogP contribution >= 0.6 is 11.6 Å². The number of ether oxygens (including phenoxy) is 3. The second kappa shape index (κ2) is 25.3. The largest absolute Gasteiger partial charge is 0.492 e. The van der Waals surface area contributed by atoms with Gasteiger partial charge < -0.3 is 19.3 Å². The summed E-state index contributed by atoms with van der Waals surface area (Å²) < 4.78 is 18.8. The second-order valence-corrected chi connectivity index (χ2v) is 13.1. The lowest BCUT2D eigenvalue weighted by Crippen LogP contribution is -2.45. The average Bonchev–Trinajstić information content (AvgIpc) is 3.15. The maximum Gasteiger partial charge on any atom is 0.290 e. The molecular weight excluding hydrogens is 748 g/mol. The van der Waals surface area contributed by atoms with Crippen LogP contribution in [-0.4, -0.2) is 74.7 Å². The van der Waals surface area contributed by atoms with Gasteiger partial charge in [0.05, 0.1) is 32.2 Å². The molecule has 4 amide bonds. The van der Waals surface area contributed by atoms with Gasteiger partial charge in [-0.05, 0) is 56.9 Å². The second-order valence-electron chi connectivity index (χ2n) is 12.8. The Morgan fingerprint density at radius 1 is 0.714 bits per heavy atom. The summed E-state index contributed by atoms with van der Waals surface area (Å²) in [4.78, 5) is 70.6. The number of carbonyl (C=O) groups is 4. The average molecular weight is 803 g/mol. The molecular formula is C39H55ClN6O10. The van der Waals surface area contributed by atoms with E-state index in [-0.39, 0.29) is 69.7 Å². The summed E-state index contributed by atoms with van der Waals surface area (Å²) in [7, 11) is 0. The zero-order valence-corrected chi connectivity index (χ0v) is 30.8. The van der Waals surface area contributed by atoms with Crippen LogP contribution in [0, 0.1) is 0 Å². The van der Waals surface area contributed by atoms with E-state index in [0.29, 0.717) is 32.2 Å². The van der Waals surface area contributed by atoms with E-state index in [2.05, 4.69) is 20.8 Å². The fourth-order valence-corrected chi connectivity index (χ4v) is 5.85. The molecule has 0 aliphatic carbocycles. The Kier molecular flexibility index (Phi) is 21.3. The van der Waals surface area contributed by atoms with Crippen molar-refractivity contribution < 1.29 is 38.5 Å². The van der Waals surface area contributed by atoms with Crippen LogP contribution in [0.4, 0.5) is 0 Å². The van der Waals surface area contributed by atoms with Gasteiger partial charge in [-0.25, -0.2) is 9.36 Å². The minimum absolute atomic E-state index is 0. The number of hydrogen-bond donors (Lipinski definition) is 3. The number of nitrogens with one attached hydrogen (secondary N) is 2. The first-order chi connectivity index (χ1) is 26.2. The molecule has 2 unspecified atom stereocenters. The van der Waals surface area contributed by atoms with Crippen molar-refractivity contribution in [2.75, 3.05) is 26.4 Å². The number of amides is 4. The summed E-state index contributed by atoms with van der Waals surface area (Å²) in [5.41, 5.74) is 0.127. The van der Waals surface area contributed by atoms with Crippen LogP contribution in [0.1, 0.15) is 110 Å². The first-order valence-corrected chi connectivity index (χ1v) is 18.6. The summed E-state index contributed by atoms with van der Waals surface area (Å²) in [5, 5.41) is 21.0. The Morgan fingerprint density at radius 2 is 1.27 bits per heavy atom. The van der Waals surface area contributed by atoms with Gasteiger partial charge in [-0.3, -0.25) is 39.4 Å². The van der Waals surface area contributed by atoms with Crippen molar-refractivity contribution in [1.82, 2.24) is 30.2 Å². The van der Waals surface area contributed by atoms with Gasteiger partial charge in [0, 0.05) is 32.1 Å². The van der Waals surface area contributed by atoms with Crippen LogP contribution in [0.2, 0.25) is 5.02 Å². The Hall–Kier alpha value is -4.93. The standard InChI is InChI=1S/C22H26ClN3O5.C15H21N3O5.2CH4/c23-20-18(14-24-26(22(20)29)17-10-11-19(27)25-21(17)28)31-13-7-2-1-6-12-30-15-16-8-4-3-5-9-16;19-7-3-1-2-4-8-23-11-9-14(21)18(16-10-11)12-5-6-13(20)17-15(12)22;;/h3-5,8-9,14,17H,1-2,6-7,10-13,15H2,(H,25,27,28);9-10,12,19H,1-8H2,(H,17,20,22);2*1H4. The normalized spacial score (nSPS) is 16.3. The zero-order valence-electron chi connectivity index (χ0n) is 30.1. The SMILES string of the molecule is C.C.O=C1CCC(n2ncc(OCCCCCCO)cc2=O)C(=O)N1.O=C1CCC(n2ncc(OCCCCCCOCc3ccccc3)c(Cl)c2=O)C(=O)N1. The van der Waals surface area contributed by atoms with Crippen molar-refractivity contribution >= 4 is 35.2 Å². The van der Waals surface area contributed by atoms with Crippen molar-refractivity contribution in [3.8, 4) is 11.5 Å². The molecule has 5 rings (SSSR count). The van der Waals surface area contributed by atoms with Gasteiger partial charge in [0.2, 0.25) is 11.8 Å². The number of aliphatic hydroxyl groups is 1. The molecule has 0 radical (unpaired) electrons. The number of hydrogen-bond acceptors (Lipinski definition) is 12. The Balaban J connectivity index is 0.000000389. The number of halogens is 1. The molecule has 0 bridgehead atoms. The molecule has 3 N–H and O–H groups in total. The molecule has 1 aromatic carbocycles. The minimum atomic E-state index is -0.846. The molecule has 56 heavy (non-hydrogen) atoms. The summed E-state index contributed by atoms with van der Waals surface area (Å²) in [5.74, 6) is -1.19. The number of rotatable bonds is 19. The van der Waals surface area contributed by atoms with E-state index in [4.69, 9.17) is 30.9 Å². The number of benzene rings is 1. The number of imide groups is 2. The molecule has 2 saturated heterocycles. The maximum absolute atomic E-state index is 12.5. The fourth-order valence-electron chi connectivity index (χ4n) is 5.66.